The van der Waals surface area contributed by atoms with E-state index < -0.39 is 17.1 Å². The van der Waals surface area contributed by atoms with E-state index in [2.05, 4.69) is 0 Å². The van der Waals surface area contributed by atoms with E-state index in [-0.39, 0.29) is 35.0 Å². The smallest absolute Gasteiger partial charge is 0.341 e. The molecule has 0 bridgehead atoms. The van der Waals surface area contributed by atoms with Crippen molar-refractivity contribution in [3.63, 3.8) is 0 Å². The van der Waals surface area contributed by atoms with Crippen molar-refractivity contribution in [2.45, 2.75) is 44.0 Å². The van der Waals surface area contributed by atoms with Crippen molar-refractivity contribution in [1.29, 1.82) is 0 Å². The molecule has 3 atom stereocenters. The van der Waals surface area contributed by atoms with E-state index in [0.29, 0.717) is 6.61 Å². The van der Waals surface area contributed by atoms with Crippen molar-refractivity contribution in [3.05, 3.63) is 27.7 Å². The van der Waals surface area contributed by atoms with Crippen LogP contribution < -0.4 is 10.2 Å². The number of carboxylic acids is 1. The highest BCUT2D eigenvalue weighted by atomic mass is 16.5. The lowest BCUT2D eigenvalue weighted by Gasteiger charge is -2.42. The van der Waals surface area contributed by atoms with E-state index in [4.69, 9.17) is 9.47 Å². The fourth-order valence-electron chi connectivity index (χ4n) is 4.50. The Balaban J connectivity index is 2.04. The number of hydrogen-bond donors (Lipinski definition) is 1. The Morgan fingerprint density at radius 3 is 2.88 bits per heavy atom. The second-order valence-electron chi connectivity index (χ2n) is 6.62. The Hall–Kier alpha value is -2.35. The first-order valence-electron chi connectivity index (χ1n) is 8.01. The largest absolute Gasteiger partial charge is 0.491 e. The fraction of sp³-hybridized carbons (Fsp3) is 0.562. The van der Waals surface area contributed by atoms with Gasteiger partial charge in [-0.1, -0.05) is 0 Å². The molecule has 2 N–H and O–H groups in total. The van der Waals surface area contributed by atoms with Gasteiger partial charge in [-0.05, 0) is 19.8 Å². The van der Waals surface area contributed by atoms with Crippen LogP contribution in [-0.4, -0.2) is 56.7 Å². The van der Waals surface area contributed by atoms with Gasteiger partial charge in [0.25, 0.3) is 11.6 Å². The van der Waals surface area contributed by atoms with Crippen molar-refractivity contribution >= 4 is 11.9 Å². The van der Waals surface area contributed by atoms with E-state index in [9.17, 15) is 19.5 Å². The van der Waals surface area contributed by atoms with Gasteiger partial charge in [0.05, 0.1) is 7.11 Å². The number of aromatic carboxylic acids is 1. The molecule has 3 heterocycles. The molecule has 2 fully saturated rings. The van der Waals surface area contributed by atoms with Gasteiger partial charge in [0.1, 0.15) is 17.6 Å². The minimum absolute atomic E-state index is 0.0502. The number of carboxylic acid groups (broad SMARTS) is 1. The normalized spacial score (nSPS) is 30.8. The summed E-state index contributed by atoms with van der Waals surface area (Å²) in [5.41, 5.74) is -1.64. The maximum Gasteiger partial charge on any atom is 0.341 e. The third-order valence-corrected chi connectivity index (χ3v) is 5.43. The van der Waals surface area contributed by atoms with Gasteiger partial charge in [-0.15, -0.1) is 0 Å². The zero-order valence-corrected chi connectivity index (χ0v) is 13.5. The van der Waals surface area contributed by atoms with Gasteiger partial charge in [0.15, 0.2) is 18.1 Å². The first-order chi connectivity index (χ1) is 11.4. The third kappa shape index (κ3) is 1.64. The number of methoxy groups -OCH3 is 1. The van der Waals surface area contributed by atoms with E-state index >= 15 is 0 Å². The van der Waals surface area contributed by atoms with Crippen molar-refractivity contribution in [2.24, 2.45) is 0 Å². The van der Waals surface area contributed by atoms with E-state index in [0.717, 1.165) is 19.3 Å². The van der Waals surface area contributed by atoms with E-state index in [1.165, 1.54) is 13.3 Å². The van der Waals surface area contributed by atoms with Crippen molar-refractivity contribution in [1.82, 2.24) is 9.47 Å². The summed E-state index contributed by atoms with van der Waals surface area (Å²) < 4.78 is 11.5. The van der Waals surface area contributed by atoms with E-state index in [1.54, 1.807) is 9.47 Å². The number of aromatic nitrogens is 1. The number of carbonyl (C=O) groups excluding carboxylic acids is 1. The van der Waals surface area contributed by atoms with E-state index in [1.807, 2.05) is 6.92 Å². The Morgan fingerprint density at radius 1 is 1.46 bits per heavy atom. The average molecular weight is 335 g/mol. The van der Waals surface area contributed by atoms with Gasteiger partial charge in [-0.2, -0.15) is 0 Å². The van der Waals surface area contributed by atoms with Crippen LogP contribution in [0.5, 0.6) is 5.75 Å². The SMILES string of the molecule is COc1c2n(cc(C(=O)O)c1=O)[C@H]1CCC[C@]13[OH+]C[C@@H](C)N3C2=O. The van der Waals surface area contributed by atoms with Crippen LogP contribution in [0.2, 0.25) is 0 Å². The highest BCUT2D eigenvalue weighted by Crippen LogP contribution is 2.51. The number of amides is 1. The summed E-state index contributed by atoms with van der Waals surface area (Å²) in [7, 11) is 1.28. The number of aliphatic hydroxyl groups is 2. The molecule has 1 spiro atoms. The number of fused-ring (bicyclic) bond motifs is 2. The summed E-state index contributed by atoms with van der Waals surface area (Å²) in [5, 5.41) is 9.33. The van der Waals surface area contributed by atoms with Crippen LogP contribution in [0.3, 0.4) is 0 Å². The molecule has 0 unspecified atom stereocenters. The first-order valence-corrected chi connectivity index (χ1v) is 8.01. The van der Waals surface area contributed by atoms with Crippen molar-refractivity contribution in [3.8, 4) is 5.75 Å². The molecule has 128 valence electrons. The molecule has 1 amide bonds. The lowest BCUT2D eigenvalue weighted by molar-refractivity contribution is -0.205. The van der Waals surface area contributed by atoms with Crippen LogP contribution >= 0.6 is 0 Å². The van der Waals surface area contributed by atoms with Crippen LogP contribution in [0.1, 0.15) is 53.1 Å². The number of nitrogens with zero attached hydrogens (tertiary/aromatic N) is 2. The van der Waals surface area contributed by atoms with Gasteiger partial charge >= 0.3 is 5.97 Å². The van der Waals surface area contributed by atoms with Gasteiger partial charge in [0.2, 0.25) is 5.43 Å². The summed E-state index contributed by atoms with van der Waals surface area (Å²) in [6.45, 7) is 2.49. The van der Waals surface area contributed by atoms with Crippen LogP contribution in [-0.2, 0) is 0 Å². The molecular weight excluding hydrogens is 316 g/mol. The molecule has 24 heavy (non-hydrogen) atoms. The Morgan fingerprint density at radius 2 is 2.21 bits per heavy atom. The van der Waals surface area contributed by atoms with Crippen LogP contribution in [0.25, 0.3) is 0 Å². The number of pyridine rings is 1. The molecule has 0 radical (unpaired) electrons. The van der Waals surface area contributed by atoms with Gasteiger partial charge < -0.3 is 19.1 Å². The monoisotopic (exact) mass is 335 g/mol. The summed E-state index contributed by atoms with van der Waals surface area (Å²) >= 11 is 0. The Bertz CT molecular complexity index is 816. The van der Waals surface area contributed by atoms with Crippen LogP contribution in [0.15, 0.2) is 11.0 Å². The van der Waals surface area contributed by atoms with Crippen molar-refractivity contribution < 1.29 is 24.2 Å². The molecule has 8 nitrogen and oxygen atoms in total. The summed E-state index contributed by atoms with van der Waals surface area (Å²) in [6.07, 6.45) is 3.71. The number of carbonyl (C=O) groups is 2. The molecule has 1 saturated heterocycles. The molecule has 1 saturated carbocycles. The lowest BCUT2D eigenvalue weighted by Crippen LogP contribution is -2.59. The second-order valence-corrected chi connectivity index (χ2v) is 6.62. The maximum absolute atomic E-state index is 13.1. The zero-order chi connectivity index (χ0) is 17.2. The minimum Gasteiger partial charge on any atom is -0.491 e. The Labute approximate surface area is 137 Å². The van der Waals surface area contributed by atoms with Crippen molar-refractivity contribution in [2.75, 3.05) is 13.7 Å². The third-order valence-electron chi connectivity index (χ3n) is 5.43. The highest BCUT2D eigenvalue weighted by Gasteiger charge is 2.65. The quantitative estimate of drug-likeness (QED) is 0.787. The molecule has 0 aromatic carbocycles. The van der Waals surface area contributed by atoms with Crippen LogP contribution in [0, 0.1) is 0 Å². The summed E-state index contributed by atoms with van der Waals surface area (Å²) in [5.74, 6) is -1.83. The number of hydrogen-bond acceptors (Lipinski definition) is 4. The molecule has 3 aliphatic rings. The van der Waals surface area contributed by atoms with Gasteiger partial charge in [-0.3, -0.25) is 14.5 Å². The highest BCUT2D eigenvalue weighted by molar-refractivity contribution is 5.98. The molecule has 1 aromatic rings. The lowest BCUT2D eigenvalue weighted by atomic mass is 9.98. The molecule has 1 aliphatic carbocycles. The zero-order valence-electron chi connectivity index (χ0n) is 13.5. The average Bonchev–Trinajstić information content (AvgIpc) is 3.11. The minimum atomic E-state index is -1.33. The molecule has 1 aromatic heterocycles. The molecular formula is C16H19N2O6+. The van der Waals surface area contributed by atoms with Crippen LogP contribution in [0.4, 0.5) is 0 Å². The first kappa shape index (κ1) is 15.2. The fourth-order valence-corrected chi connectivity index (χ4v) is 4.50. The molecule has 8 heteroatoms. The number of ether oxygens (including phenoxy) is 2. The maximum atomic E-state index is 13.1. The predicted octanol–water partition coefficient (Wildman–Crippen LogP) is 0.362. The second kappa shape index (κ2) is 4.83. The number of rotatable bonds is 2. The predicted molar refractivity (Wildman–Crippen MR) is 82.5 cm³/mol. The standard InChI is InChI=1S/C16H18N2O6/c1-8-7-24-16-5-3-4-10(16)17-6-9(15(21)22)12(19)13(23-2)11(17)14(20)18(8)16/h6,8,10H,3-5,7H2,1-2H3,(H,21,22)/p+1/t8-,10+,16+/m1/s1. The van der Waals surface area contributed by atoms with Gasteiger partial charge in [0, 0.05) is 12.6 Å². The molecule has 4 rings (SSSR count). The summed E-state index contributed by atoms with van der Waals surface area (Å²) in [6, 6.07) is -0.214. The molecule has 2 aliphatic heterocycles. The van der Waals surface area contributed by atoms with Gasteiger partial charge in [-0.25, -0.2) is 4.79 Å². The topological polar surface area (TPSA) is 102 Å². The summed E-state index contributed by atoms with van der Waals surface area (Å²) in [4.78, 5) is 38.8. The Kier molecular flexibility index (Phi) is 3.05.